The van der Waals surface area contributed by atoms with Gasteiger partial charge in [0, 0.05) is 30.8 Å². The monoisotopic (exact) mass is 296 g/mol. The maximum atomic E-state index is 8.61. The van der Waals surface area contributed by atoms with E-state index < -0.39 is 0 Å². The van der Waals surface area contributed by atoms with Gasteiger partial charge in [-0.1, -0.05) is 6.92 Å². The van der Waals surface area contributed by atoms with Crippen LogP contribution < -0.4 is 5.32 Å². The highest BCUT2D eigenvalue weighted by atomic mass is 35.5. The topological polar surface area (TPSA) is 45.2 Å². The van der Waals surface area contributed by atoms with E-state index in [1.165, 1.54) is 5.01 Å². The molecule has 6 heteroatoms. The summed E-state index contributed by atoms with van der Waals surface area (Å²) in [5.41, 5.74) is 1.15. The zero-order valence-electron chi connectivity index (χ0n) is 10.1. The second-order valence-electron chi connectivity index (χ2n) is 3.45. The summed E-state index contributed by atoms with van der Waals surface area (Å²) < 4.78 is 0. The number of aryl methyl sites for hydroxylation is 1. The van der Waals surface area contributed by atoms with Crippen LogP contribution in [0, 0.1) is 0 Å². The zero-order chi connectivity index (χ0) is 11.6. The molecule has 17 heavy (non-hydrogen) atoms. The fraction of sp³-hybridized carbons (Fsp3) is 0.727. The predicted molar refractivity (Wildman–Crippen MR) is 79.5 cm³/mol. The van der Waals surface area contributed by atoms with Crippen molar-refractivity contribution in [3.05, 3.63) is 16.1 Å². The normalized spacial score (nSPS) is 10.2. The van der Waals surface area contributed by atoms with Gasteiger partial charge in [-0.3, -0.25) is 0 Å². The average Bonchev–Trinajstić information content (AvgIpc) is 2.76. The molecule has 0 fully saturated rings. The van der Waals surface area contributed by atoms with E-state index in [0.717, 1.165) is 43.1 Å². The molecule has 0 aliphatic heterocycles. The van der Waals surface area contributed by atoms with Crippen molar-refractivity contribution in [2.24, 2.45) is 0 Å². The third kappa shape index (κ3) is 8.00. The molecule has 0 atom stereocenters. The van der Waals surface area contributed by atoms with E-state index in [2.05, 4.69) is 22.6 Å². The van der Waals surface area contributed by atoms with E-state index in [9.17, 15) is 0 Å². The second kappa shape index (κ2) is 11.3. The molecular formula is C11H21ClN2OS2. The van der Waals surface area contributed by atoms with Gasteiger partial charge in [0.05, 0.1) is 10.7 Å². The molecule has 100 valence electrons. The minimum Gasteiger partial charge on any atom is -0.396 e. The average molecular weight is 297 g/mol. The van der Waals surface area contributed by atoms with Crippen molar-refractivity contribution >= 4 is 35.5 Å². The standard InChI is InChI=1S/C11H20N2OS2.ClH/c1-2-11-13-10(9-16-11)8-12-4-7-15-6-3-5-14;/h9,12,14H,2-8H2,1H3;1H. The number of aromatic nitrogens is 1. The first-order valence-electron chi connectivity index (χ1n) is 5.69. The number of thioether (sulfide) groups is 1. The summed E-state index contributed by atoms with van der Waals surface area (Å²) in [5, 5.41) is 15.3. The molecule has 0 saturated heterocycles. The lowest BCUT2D eigenvalue weighted by Gasteiger charge is -2.02. The Hall–Kier alpha value is 0.190. The third-order valence-corrected chi connectivity index (χ3v) is 4.19. The molecule has 0 spiro atoms. The second-order valence-corrected chi connectivity index (χ2v) is 5.62. The fourth-order valence-electron chi connectivity index (χ4n) is 1.22. The van der Waals surface area contributed by atoms with Crippen LogP contribution in [0.15, 0.2) is 5.38 Å². The van der Waals surface area contributed by atoms with Gasteiger partial charge in [-0.05, 0) is 18.6 Å². The molecule has 0 aromatic carbocycles. The van der Waals surface area contributed by atoms with Crippen LogP contribution in [0.4, 0.5) is 0 Å². The summed E-state index contributed by atoms with van der Waals surface area (Å²) >= 11 is 3.62. The van der Waals surface area contributed by atoms with Crippen molar-refractivity contribution < 1.29 is 5.11 Å². The van der Waals surface area contributed by atoms with Crippen LogP contribution in [0.5, 0.6) is 0 Å². The number of halogens is 1. The Balaban J connectivity index is 0.00000256. The molecule has 0 unspecified atom stereocenters. The first-order valence-corrected chi connectivity index (χ1v) is 7.72. The zero-order valence-corrected chi connectivity index (χ0v) is 12.6. The van der Waals surface area contributed by atoms with E-state index in [0.29, 0.717) is 6.61 Å². The molecule has 0 aliphatic rings. The van der Waals surface area contributed by atoms with Crippen molar-refractivity contribution in [3.8, 4) is 0 Å². The molecule has 1 rings (SSSR count). The molecule has 2 N–H and O–H groups in total. The van der Waals surface area contributed by atoms with Gasteiger partial charge in [0.25, 0.3) is 0 Å². The Morgan fingerprint density at radius 3 is 2.94 bits per heavy atom. The molecule has 1 aromatic rings. The summed E-state index contributed by atoms with van der Waals surface area (Å²) in [6.07, 6.45) is 1.93. The maximum Gasteiger partial charge on any atom is 0.0926 e. The van der Waals surface area contributed by atoms with Crippen LogP contribution >= 0.6 is 35.5 Å². The highest BCUT2D eigenvalue weighted by Crippen LogP contribution is 2.09. The number of rotatable bonds is 9. The number of hydrogen-bond acceptors (Lipinski definition) is 5. The Morgan fingerprint density at radius 2 is 2.29 bits per heavy atom. The van der Waals surface area contributed by atoms with Gasteiger partial charge in [0.15, 0.2) is 0 Å². The summed E-state index contributed by atoms with van der Waals surface area (Å²) in [5.74, 6) is 2.15. The largest absolute Gasteiger partial charge is 0.396 e. The van der Waals surface area contributed by atoms with Crippen LogP contribution in [-0.4, -0.2) is 34.7 Å². The molecule has 1 heterocycles. The number of nitrogens with zero attached hydrogens (tertiary/aromatic N) is 1. The van der Waals surface area contributed by atoms with E-state index in [1.807, 2.05) is 11.8 Å². The van der Waals surface area contributed by atoms with Crippen LogP contribution in [0.1, 0.15) is 24.0 Å². The molecule has 0 aliphatic carbocycles. The third-order valence-electron chi connectivity index (χ3n) is 2.08. The Morgan fingerprint density at radius 1 is 1.47 bits per heavy atom. The number of nitrogens with one attached hydrogen (secondary N) is 1. The Kier molecular flexibility index (Phi) is 11.4. The molecule has 0 bridgehead atoms. The van der Waals surface area contributed by atoms with Crippen molar-refractivity contribution in [1.29, 1.82) is 0 Å². The number of aliphatic hydroxyl groups excluding tert-OH is 1. The first kappa shape index (κ1) is 17.2. The maximum absolute atomic E-state index is 8.61. The number of hydrogen-bond donors (Lipinski definition) is 2. The van der Waals surface area contributed by atoms with Crippen molar-refractivity contribution in [3.63, 3.8) is 0 Å². The molecular weight excluding hydrogens is 276 g/mol. The van der Waals surface area contributed by atoms with E-state index in [1.54, 1.807) is 11.3 Å². The Labute approximate surface area is 118 Å². The van der Waals surface area contributed by atoms with Gasteiger partial charge in [-0.25, -0.2) is 4.98 Å². The fourth-order valence-corrected chi connectivity index (χ4v) is 2.79. The van der Waals surface area contributed by atoms with Crippen molar-refractivity contribution in [2.75, 3.05) is 24.7 Å². The molecule has 1 aromatic heterocycles. The van der Waals surface area contributed by atoms with Gasteiger partial charge in [-0.2, -0.15) is 11.8 Å². The highest BCUT2D eigenvalue weighted by molar-refractivity contribution is 7.99. The number of aliphatic hydroxyl groups is 1. The lowest BCUT2D eigenvalue weighted by Crippen LogP contribution is -2.17. The number of thiazole rings is 1. The molecule has 3 nitrogen and oxygen atoms in total. The van der Waals surface area contributed by atoms with Crippen LogP contribution in [0.3, 0.4) is 0 Å². The summed E-state index contributed by atoms with van der Waals surface area (Å²) in [4.78, 5) is 4.49. The van der Waals surface area contributed by atoms with E-state index >= 15 is 0 Å². The minimum absolute atomic E-state index is 0. The molecule has 0 radical (unpaired) electrons. The Bertz CT molecular complexity index is 284. The predicted octanol–water partition coefficient (Wildman–Crippen LogP) is 2.33. The lowest BCUT2D eigenvalue weighted by atomic mass is 10.4. The van der Waals surface area contributed by atoms with Gasteiger partial charge in [0.1, 0.15) is 0 Å². The summed E-state index contributed by atoms with van der Waals surface area (Å²) in [6.45, 7) is 4.32. The lowest BCUT2D eigenvalue weighted by molar-refractivity contribution is 0.296. The summed E-state index contributed by atoms with van der Waals surface area (Å²) in [7, 11) is 0. The van der Waals surface area contributed by atoms with Crippen LogP contribution in [0.2, 0.25) is 0 Å². The van der Waals surface area contributed by atoms with Gasteiger partial charge in [-0.15, -0.1) is 23.7 Å². The SMILES string of the molecule is CCc1nc(CNCCSCCCO)cs1.Cl. The van der Waals surface area contributed by atoms with Gasteiger partial charge >= 0.3 is 0 Å². The summed E-state index contributed by atoms with van der Waals surface area (Å²) in [6, 6.07) is 0. The van der Waals surface area contributed by atoms with E-state index in [4.69, 9.17) is 5.11 Å². The molecule has 0 saturated carbocycles. The first-order chi connectivity index (χ1) is 7.86. The van der Waals surface area contributed by atoms with Gasteiger partial charge < -0.3 is 10.4 Å². The minimum atomic E-state index is 0. The highest BCUT2D eigenvalue weighted by Gasteiger charge is 1.99. The molecule has 0 amide bonds. The quantitative estimate of drug-likeness (QED) is 0.687. The van der Waals surface area contributed by atoms with Crippen LogP contribution in [-0.2, 0) is 13.0 Å². The van der Waals surface area contributed by atoms with Crippen LogP contribution in [0.25, 0.3) is 0 Å². The van der Waals surface area contributed by atoms with E-state index in [-0.39, 0.29) is 12.4 Å². The van der Waals surface area contributed by atoms with Crippen molar-refractivity contribution in [2.45, 2.75) is 26.3 Å². The smallest absolute Gasteiger partial charge is 0.0926 e. The van der Waals surface area contributed by atoms with Gasteiger partial charge in [0.2, 0.25) is 0 Å². The van der Waals surface area contributed by atoms with Crippen molar-refractivity contribution in [1.82, 2.24) is 10.3 Å².